The van der Waals surface area contributed by atoms with Crippen molar-refractivity contribution in [3.63, 3.8) is 0 Å². The monoisotopic (exact) mass is 354 g/mol. The van der Waals surface area contributed by atoms with Crippen molar-refractivity contribution in [2.75, 3.05) is 26.0 Å². The minimum atomic E-state index is -3.49. The Morgan fingerprint density at radius 3 is 2.46 bits per heavy atom. The van der Waals surface area contributed by atoms with Crippen molar-refractivity contribution in [3.8, 4) is 0 Å². The fraction of sp³-hybridized carbons (Fsp3) is 0.588. The Bertz CT molecular complexity index is 667. The molecule has 0 bridgehead atoms. The first kappa shape index (κ1) is 18.9. The van der Waals surface area contributed by atoms with Gasteiger partial charge in [0.05, 0.1) is 6.61 Å². The van der Waals surface area contributed by atoms with Gasteiger partial charge in [-0.3, -0.25) is 4.79 Å². The van der Waals surface area contributed by atoms with Crippen molar-refractivity contribution in [1.29, 1.82) is 0 Å². The molecule has 1 aliphatic rings. The molecule has 1 aromatic rings. The van der Waals surface area contributed by atoms with Gasteiger partial charge in [-0.05, 0) is 44.0 Å². The highest BCUT2D eigenvalue weighted by Gasteiger charge is 2.48. The van der Waals surface area contributed by atoms with Crippen LogP contribution in [0.1, 0.15) is 30.9 Å². The lowest BCUT2D eigenvalue weighted by molar-refractivity contribution is -0.124. The van der Waals surface area contributed by atoms with Crippen LogP contribution in [0, 0.1) is 0 Å². The molecule has 0 atom stereocenters. The topological polar surface area (TPSA) is 84.5 Å². The second kappa shape index (κ2) is 8.09. The number of hydrogen-bond acceptors (Lipinski definition) is 5. The maximum atomic E-state index is 12.7. The summed E-state index contributed by atoms with van der Waals surface area (Å²) in [6, 6.07) is 7.69. The zero-order valence-corrected chi connectivity index (χ0v) is 15.1. The number of benzene rings is 1. The van der Waals surface area contributed by atoms with Crippen LogP contribution in [0.5, 0.6) is 0 Å². The summed E-state index contributed by atoms with van der Waals surface area (Å²) < 4.78 is 28.6. The quantitative estimate of drug-likeness (QED) is 0.763. The van der Waals surface area contributed by atoms with Crippen LogP contribution in [0.4, 0.5) is 0 Å². The van der Waals surface area contributed by atoms with Gasteiger partial charge in [-0.1, -0.05) is 24.3 Å². The molecule has 2 rings (SSSR count). The summed E-state index contributed by atoms with van der Waals surface area (Å²) in [7, 11) is -3.49. The molecule has 6 nitrogen and oxygen atoms in total. The van der Waals surface area contributed by atoms with Gasteiger partial charge in [0, 0.05) is 19.4 Å². The van der Waals surface area contributed by atoms with Crippen LogP contribution in [0.3, 0.4) is 0 Å². The fourth-order valence-corrected chi connectivity index (χ4v) is 4.37. The number of nitrogens with one attached hydrogen (secondary N) is 2. The summed E-state index contributed by atoms with van der Waals surface area (Å²) in [5.41, 5.74) is 1.94. The van der Waals surface area contributed by atoms with Crippen LogP contribution in [-0.4, -0.2) is 45.0 Å². The van der Waals surface area contributed by atoms with Gasteiger partial charge in [0.15, 0.2) is 14.6 Å². The van der Waals surface area contributed by atoms with Crippen molar-refractivity contribution in [3.05, 3.63) is 35.4 Å². The standard InChI is InChI=1S/C17H26N2O4S/c1-3-23-13-15-7-5-4-6-14(15)12-19-16(20)17(24(2,21)22)8-10-18-11-9-17/h4-7,18H,3,8-13H2,1-2H3,(H,19,20). The average molecular weight is 354 g/mol. The highest BCUT2D eigenvalue weighted by atomic mass is 32.2. The normalized spacial score (nSPS) is 17.4. The van der Waals surface area contributed by atoms with Gasteiger partial charge in [-0.15, -0.1) is 0 Å². The molecule has 1 aromatic carbocycles. The van der Waals surface area contributed by atoms with E-state index in [4.69, 9.17) is 4.74 Å². The zero-order valence-electron chi connectivity index (χ0n) is 14.3. The Labute approximate surface area is 143 Å². The number of carbonyl (C=O) groups is 1. The zero-order chi connectivity index (χ0) is 17.6. The predicted molar refractivity (Wildman–Crippen MR) is 93.3 cm³/mol. The third kappa shape index (κ3) is 4.15. The molecular weight excluding hydrogens is 328 g/mol. The maximum Gasteiger partial charge on any atom is 0.241 e. The molecule has 1 amide bonds. The average Bonchev–Trinajstić information content (AvgIpc) is 2.58. The first-order valence-electron chi connectivity index (χ1n) is 8.24. The third-order valence-corrected chi connectivity index (χ3v) is 6.57. The van der Waals surface area contributed by atoms with E-state index in [1.54, 1.807) is 0 Å². The number of ether oxygens (including phenoxy) is 1. The van der Waals surface area contributed by atoms with Crippen molar-refractivity contribution >= 4 is 15.7 Å². The second-order valence-electron chi connectivity index (χ2n) is 6.10. The highest BCUT2D eigenvalue weighted by Crippen LogP contribution is 2.28. The maximum absolute atomic E-state index is 12.7. The van der Waals surface area contributed by atoms with Crippen molar-refractivity contribution < 1.29 is 17.9 Å². The van der Waals surface area contributed by atoms with Gasteiger partial charge >= 0.3 is 0 Å². The number of sulfone groups is 1. The van der Waals surface area contributed by atoms with Crippen molar-refractivity contribution in [1.82, 2.24) is 10.6 Å². The molecule has 7 heteroatoms. The molecule has 0 saturated carbocycles. The van der Waals surface area contributed by atoms with E-state index in [1.807, 2.05) is 31.2 Å². The van der Waals surface area contributed by atoms with Crippen molar-refractivity contribution in [2.24, 2.45) is 0 Å². The molecular formula is C17H26N2O4S. The lowest BCUT2D eigenvalue weighted by Crippen LogP contribution is -2.57. The molecule has 1 fully saturated rings. The lowest BCUT2D eigenvalue weighted by atomic mass is 9.95. The number of rotatable bonds is 7. The molecule has 2 N–H and O–H groups in total. The molecule has 1 heterocycles. The van der Waals surface area contributed by atoms with Crippen molar-refractivity contribution in [2.45, 2.75) is 37.7 Å². The predicted octanol–water partition coefficient (Wildman–Crippen LogP) is 1.01. The molecule has 1 aliphatic heterocycles. The molecule has 1 saturated heterocycles. The minimum absolute atomic E-state index is 0.298. The van der Waals surface area contributed by atoms with Gasteiger partial charge in [0.1, 0.15) is 0 Å². The number of piperidine rings is 1. The second-order valence-corrected chi connectivity index (χ2v) is 8.43. The lowest BCUT2D eigenvalue weighted by Gasteiger charge is -2.34. The Kier molecular flexibility index (Phi) is 6.37. The van der Waals surface area contributed by atoms with Gasteiger partial charge in [-0.2, -0.15) is 0 Å². The van der Waals surface area contributed by atoms with E-state index in [-0.39, 0.29) is 0 Å². The van der Waals surface area contributed by atoms with E-state index >= 15 is 0 Å². The van der Waals surface area contributed by atoms with Crippen LogP contribution >= 0.6 is 0 Å². The van der Waals surface area contributed by atoms with E-state index in [0.29, 0.717) is 45.7 Å². The van der Waals surface area contributed by atoms with Crippen LogP contribution in [0.25, 0.3) is 0 Å². The highest BCUT2D eigenvalue weighted by molar-refractivity contribution is 7.92. The first-order valence-corrected chi connectivity index (χ1v) is 10.1. The van der Waals surface area contributed by atoms with Crippen LogP contribution in [0.2, 0.25) is 0 Å². The summed E-state index contributed by atoms with van der Waals surface area (Å²) in [5.74, 6) is -0.405. The number of amides is 1. The SMILES string of the molecule is CCOCc1ccccc1CNC(=O)C1(S(C)(=O)=O)CCNCC1. The molecule has 0 aliphatic carbocycles. The third-order valence-electron chi connectivity index (χ3n) is 4.55. The van der Waals surface area contributed by atoms with E-state index < -0.39 is 20.5 Å². The Morgan fingerprint density at radius 2 is 1.88 bits per heavy atom. The summed E-state index contributed by atoms with van der Waals surface area (Å²) in [6.45, 7) is 4.38. The molecule has 0 unspecified atom stereocenters. The summed E-state index contributed by atoms with van der Waals surface area (Å²) in [4.78, 5) is 12.7. The number of carbonyl (C=O) groups excluding carboxylic acids is 1. The minimum Gasteiger partial charge on any atom is -0.377 e. The van der Waals surface area contributed by atoms with E-state index in [9.17, 15) is 13.2 Å². The molecule has 0 radical (unpaired) electrons. The summed E-state index contributed by atoms with van der Waals surface area (Å²) >= 11 is 0. The fourth-order valence-electron chi connectivity index (χ4n) is 3.02. The number of hydrogen-bond donors (Lipinski definition) is 2. The molecule has 0 spiro atoms. The van der Waals surface area contributed by atoms with E-state index in [1.165, 1.54) is 0 Å². The van der Waals surface area contributed by atoms with Gasteiger partial charge in [-0.25, -0.2) is 8.42 Å². The summed E-state index contributed by atoms with van der Waals surface area (Å²) in [5, 5.41) is 5.94. The van der Waals surface area contributed by atoms with Crippen LogP contribution < -0.4 is 10.6 Å². The Balaban J connectivity index is 2.12. The van der Waals surface area contributed by atoms with E-state index in [2.05, 4.69) is 10.6 Å². The Hall–Kier alpha value is -1.44. The van der Waals surface area contributed by atoms with Gasteiger partial charge < -0.3 is 15.4 Å². The summed E-state index contributed by atoms with van der Waals surface area (Å²) in [6.07, 6.45) is 1.76. The van der Waals surface area contributed by atoms with Gasteiger partial charge in [0.25, 0.3) is 0 Å². The van der Waals surface area contributed by atoms with Crippen LogP contribution in [-0.2, 0) is 32.5 Å². The van der Waals surface area contributed by atoms with Gasteiger partial charge in [0.2, 0.25) is 5.91 Å². The first-order chi connectivity index (χ1) is 11.4. The smallest absolute Gasteiger partial charge is 0.241 e. The Morgan fingerprint density at radius 1 is 1.25 bits per heavy atom. The molecule has 0 aromatic heterocycles. The molecule has 24 heavy (non-hydrogen) atoms. The van der Waals surface area contributed by atoms with Crippen LogP contribution in [0.15, 0.2) is 24.3 Å². The largest absolute Gasteiger partial charge is 0.377 e. The molecule has 134 valence electrons. The van der Waals surface area contributed by atoms with E-state index in [0.717, 1.165) is 17.4 Å².